The quantitative estimate of drug-likeness (QED) is 0.807. The Labute approximate surface area is 148 Å². The first kappa shape index (κ1) is 17.3. The van der Waals surface area contributed by atoms with Gasteiger partial charge in [-0.15, -0.1) is 0 Å². The third-order valence-corrected chi connectivity index (χ3v) is 5.52. The van der Waals surface area contributed by atoms with E-state index in [9.17, 15) is 18.0 Å². The van der Waals surface area contributed by atoms with E-state index in [4.69, 9.17) is 4.52 Å². The zero-order chi connectivity index (χ0) is 18.6. The smallest absolute Gasteiger partial charge is 0.342 e. The molecule has 0 unspecified atom stereocenters. The minimum Gasteiger partial charge on any atom is -0.342 e. The largest absolute Gasteiger partial charge is 0.417 e. The van der Waals surface area contributed by atoms with Crippen molar-refractivity contribution in [3.05, 3.63) is 23.0 Å². The number of carbonyl (C=O) groups is 1. The first-order valence-corrected chi connectivity index (χ1v) is 8.88. The molecule has 0 radical (unpaired) electrons. The molecule has 4 rings (SSSR count). The van der Waals surface area contributed by atoms with Gasteiger partial charge in [0, 0.05) is 24.9 Å². The van der Waals surface area contributed by atoms with Gasteiger partial charge in [0.05, 0.1) is 22.3 Å². The van der Waals surface area contributed by atoms with Crippen LogP contribution in [-0.4, -0.2) is 34.0 Å². The standard InChI is InChI=1S/C18H20F3N3O2/c1-9-6-12(9)17(25)24-5-3-4-11(8-24)14-7-13(18(19,20)21)15-10(2)23-26-16(15)22-14/h7,9,11-12H,3-6,8H2,1-2H3/t9-,11+,12-/m0/s1. The lowest BCUT2D eigenvalue weighted by Gasteiger charge is -2.33. The molecule has 0 bridgehead atoms. The van der Waals surface area contributed by atoms with E-state index in [1.165, 1.54) is 6.92 Å². The molecule has 1 saturated carbocycles. The van der Waals surface area contributed by atoms with E-state index in [0.29, 0.717) is 31.1 Å². The number of amides is 1. The molecule has 1 saturated heterocycles. The first-order chi connectivity index (χ1) is 12.3. The minimum atomic E-state index is -4.51. The monoisotopic (exact) mass is 367 g/mol. The van der Waals surface area contributed by atoms with Crippen molar-refractivity contribution >= 4 is 17.0 Å². The molecule has 140 valence electrons. The van der Waals surface area contributed by atoms with Gasteiger partial charge in [0.25, 0.3) is 5.71 Å². The summed E-state index contributed by atoms with van der Waals surface area (Å²) in [6, 6.07) is 1.10. The van der Waals surface area contributed by atoms with Crippen molar-refractivity contribution in [1.82, 2.24) is 15.0 Å². The van der Waals surface area contributed by atoms with Gasteiger partial charge < -0.3 is 9.42 Å². The number of halogens is 3. The molecule has 1 amide bonds. The zero-order valence-corrected chi connectivity index (χ0v) is 14.6. The molecule has 2 aromatic rings. The number of aryl methyl sites for hydroxylation is 1. The Bertz CT molecular complexity index is 861. The molecule has 3 atom stereocenters. The summed E-state index contributed by atoms with van der Waals surface area (Å²) in [6.45, 7) is 4.58. The maximum absolute atomic E-state index is 13.5. The van der Waals surface area contributed by atoms with Gasteiger partial charge in [-0.05, 0) is 38.2 Å². The second-order valence-electron chi connectivity index (χ2n) is 7.48. The van der Waals surface area contributed by atoms with Crippen LogP contribution in [0, 0.1) is 18.8 Å². The summed E-state index contributed by atoms with van der Waals surface area (Å²) in [6.07, 6.45) is -2.15. The van der Waals surface area contributed by atoms with Gasteiger partial charge in [0.1, 0.15) is 0 Å². The van der Waals surface area contributed by atoms with Crippen LogP contribution < -0.4 is 0 Å². The van der Waals surface area contributed by atoms with E-state index in [0.717, 1.165) is 18.9 Å². The van der Waals surface area contributed by atoms with E-state index < -0.39 is 11.7 Å². The Hall–Kier alpha value is -2.12. The number of aromatic nitrogens is 2. The van der Waals surface area contributed by atoms with Crippen LogP contribution in [0.1, 0.15) is 49.1 Å². The topological polar surface area (TPSA) is 59.2 Å². The SMILES string of the molecule is Cc1noc2nc([C@@H]3CCCN(C(=O)[C@H]4C[C@@H]4C)C3)cc(C(F)(F)F)c12. The van der Waals surface area contributed by atoms with Crippen LogP contribution in [0.25, 0.3) is 11.1 Å². The predicted molar refractivity (Wildman–Crippen MR) is 87.4 cm³/mol. The molecule has 5 nitrogen and oxygen atoms in total. The average molecular weight is 367 g/mol. The number of fused-ring (bicyclic) bond motifs is 1. The summed E-state index contributed by atoms with van der Waals surface area (Å²) in [5, 5.41) is 3.55. The van der Waals surface area contributed by atoms with E-state index in [-0.39, 0.29) is 34.5 Å². The third-order valence-electron chi connectivity index (χ3n) is 5.52. The summed E-state index contributed by atoms with van der Waals surface area (Å²) in [5.74, 6) is 0.380. The molecule has 2 aromatic heterocycles. The molecule has 0 spiro atoms. The van der Waals surface area contributed by atoms with Crippen LogP contribution in [0.15, 0.2) is 10.6 Å². The van der Waals surface area contributed by atoms with Crippen molar-refractivity contribution in [2.45, 2.75) is 45.2 Å². The summed E-state index contributed by atoms with van der Waals surface area (Å²) in [7, 11) is 0. The van der Waals surface area contributed by atoms with Crippen LogP contribution in [0.3, 0.4) is 0 Å². The first-order valence-electron chi connectivity index (χ1n) is 8.88. The van der Waals surface area contributed by atoms with Crippen LogP contribution in [-0.2, 0) is 11.0 Å². The van der Waals surface area contributed by atoms with Crippen molar-refractivity contribution in [3.8, 4) is 0 Å². The second kappa shape index (κ2) is 5.96. The summed E-state index contributed by atoms with van der Waals surface area (Å²) < 4.78 is 45.6. The Morgan fingerprint density at radius 1 is 1.38 bits per heavy atom. The summed E-state index contributed by atoms with van der Waals surface area (Å²) in [5.41, 5.74) is -0.362. The Kier molecular flexibility index (Phi) is 3.96. The van der Waals surface area contributed by atoms with Crippen LogP contribution in [0.5, 0.6) is 0 Å². The number of rotatable bonds is 2. The average Bonchev–Trinajstić information content (AvgIpc) is 3.22. The molecule has 0 N–H and O–H groups in total. The van der Waals surface area contributed by atoms with Gasteiger partial charge in [0.15, 0.2) is 0 Å². The zero-order valence-electron chi connectivity index (χ0n) is 14.6. The number of nitrogens with zero attached hydrogens (tertiary/aromatic N) is 3. The fourth-order valence-electron chi connectivity index (χ4n) is 3.87. The van der Waals surface area contributed by atoms with E-state index in [1.807, 2.05) is 6.92 Å². The molecule has 26 heavy (non-hydrogen) atoms. The van der Waals surface area contributed by atoms with Crippen molar-refractivity contribution in [2.75, 3.05) is 13.1 Å². The number of pyridine rings is 1. The third kappa shape index (κ3) is 2.95. The number of hydrogen-bond donors (Lipinski definition) is 0. The highest BCUT2D eigenvalue weighted by Crippen LogP contribution is 2.41. The van der Waals surface area contributed by atoms with E-state index >= 15 is 0 Å². The number of likely N-dealkylation sites (tertiary alicyclic amines) is 1. The molecular formula is C18H20F3N3O2. The molecule has 0 aromatic carbocycles. The lowest BCUT2D eigenvalue weighted by Crippen LogP contribution is -2.40. The molecular weight excluding hydrogens is 347 g/mol. The molecule has 8 heteroatoms. The number of carbonyl (C=O) groups excluding carboxylic acids is 1. The molecule has 3 heterocycles. The Balaban J connectivity index is 1.66. The van der Waals surface area contributed by atoms with E-state index in [2.05, 4.69) is 10.1 Å². The highest BCUT2D eigenvalue weighted by Gasteiger charge is 2.43. The van der Waals surface area contributed by atoms with Crippen molar-refractivity contribution < 1.29 is 22.5 Å². The van der Waals surface area contributed by atoms with Gasteiger partial charge in [0.2, 0.25) is 5.91 Å². The van der Waals surface area contributed by atoms with Crippen LogP contribution in [0.2, 0.25) is 0 Å². The molecule has 2 fully saturated rings. The number of alkyl halides is 3. The highest BCUT2D eigenvalue weighted by molar-refractivity contribution is 5.82. The lowest BCUT2D eigenvalue weighted by molar-refractivity contribution is -0.137. The Morgan fingerprint density at radius 3 is 2.77 bits per heavy atom. The van der Waals surface area contributed by atoms with Crippen molar-refractivity contribution in [1.29, 1.82) is 0 Å². The van der Waals surface area contributed by atoms with Crippen LogP contribution in [0.4, 0.5) is 13.2 Å². The van der Waals surface area contributed by atoms with Crippen molar-refractivity contribution in [3.63, 3.8) is 0 Å². The summed E-state index contributed by atoms with van der Waals surface area (Å²) >= 11 is 0. The molecule has 2 aliphatic rings. The van der Waals surface area contributed by atoms with Crippen molar-refractivity contribution in [2.24, 2.45) is 11.8 Å². The lowest BCUT2D eigenvalue weighted by atomic mass is 9.92. The summed E-state index contributed by atoms with van der Waals surface area (Å²) in [4.78, 5) is 18.6. The normalized spacial score (nSPS) is 26.3. The predicted octanol–water partition coefficient (Wildman–Crippen LogP) is 3.91. The van der Waals surface area contributed by atoms with E-state index in [1.54, 1.807) is 4.90 Å². The van der Waals surface area contributed by atoms with Gasteiger partial charge >= 0.3 is 6.18 Å². The maximum Gasteiger partial charge on any atom is 0.417 e. The highest BCUT2D eigenvalue weighted by atomic mass is 19.4. The van der Waals surface area contributed by atoms with Gasteiger partial charge in [-0.25, -0.2) is 4.98 Å². The van der Waals surface area contributed by atoms with Crippen LogP contribution >= 0.6 is 0 Å². The maximum atomic E-state index is 13.5. The second-order valence-corrected chi connectivity index (χ2v) is 7.48. The molecule has 1 aliphatic heterocycles. The minimum absolute atomic E-state index is 0.0758. The fraction of sp³-hybridized carbons (Fsp3) is 0.611. The van der Waals surface area contributed by atoms with Gasteiger partial charge in [-0.3, -0.25) is 4.79 Å². The number of hydrogen-bond acceptors (Lipinski definition) is 4. The van der Waals surface area contributed by atoms with Gasteiger partial charge in [-0.2, -0.15) is 13.2 Å². The fourth-order valence-corrected chi connectivity index (χ4v) is 3.87. The molecule has 1 aliphatic carbocycles. The Morgan fingerprint density at radius 2 is 2.12 bits per heavy atom. The van der Waals surface area contributed by atoms with Gasteiger partial charge in [-0.1, -0.05) is 12.1 Å². The number of piperidine rings is 1.